The van der Waals surface area contributed by atoms with Crippen molar-refractivity contribution in [3.63, 3.8) is 0 Å². The predicted octanol–water partition coefficient (Wildman–Crippen LogP) is 2.51. The second kappa shape index (κ2) is 7.77. The first-order valence-electron chi connectivity index (χ1n) is 8.11. The zero-order chi connectivity index (χ0) is 18.6. The van der Waals surface area contributed by atoms with E-state index in [-0.39, 0.29) is 29.4 Å². The summed E-state index contributed by atoms with van der Waals surface area (Å²) < 4.78 is 30.3. The van der Waals surface area contributed by atoms with Crippen molar-refractivity contribution in [2.45, 2.75) is 44.7 Å². The highest BCUT2D eigenvalue weighted by Gasteiger charge is 2.29. The molecule has 0 fully saturated rings. The molecule has 2 aromatic rings. The Hall–Kier alpha value is -2.22. The molecule has 0 spiro atoms. The zero-order valence-corrected chi connectivity index (χ0v) is 15.6. The molecule has 1 aromatic carbocycles. The lowest BCUT2D eigenvalue weighted by Crippen LogP contribution is -2.34. The van der Waals surface area contributed by atoms with Gasteiger partial charge in [0.05, 0.1) is 5.75 Å². The molecule has 2 rings (SSSR count). The molecule has 25 heavy (non-hydrogen) atoms. The van der Waals surface area contributed by atoms with E-state index in [0.717, 1.165) is 0 Å². The van der Waals surface area contributed by atoms with Crippen LogP contribution in [0.2, 0.25) is 0 Å². The van der Waals surface area contributed by atoms with Crippen molar-refractivity contribution in [1.29, 1.82) is 0 Å². The summed E-state index contributed by atoms with van der Waals surface area (Å²) in [7, 11) is -3.75. The monoisotopic (exact) mass is 365 g/mol. The van der Waals surface area contributed by atoms with Gasteiger partial charge in [-0.3, -0.25) is 4.79 Å². The number of benzene rings is 1. The molecule has 0 saturated carbocycles. The third-order valence-corrected chi connectivity index (χ3v) is 5.05. The van der Waals surface area contributed by atoms with E-state index in [4.69, 9.17) is 4.42 Å². The van der Waals surface area contributed by atoms with Crippen molar-refractivity contribution in [1.82, 2.24) is 15.5 Å². The maximum Gasteiger partial charge on any atom is 0.335 e. The van der Waals surface area contributed by atoms with Crippen LogP contribution in [0.5, 0.6) is 0 Å². The zero-order valence-electron chi connectivity index (χ0n) is 14.8. The van der Waals surface area contributed by atoms with E-state index in [1.54, 1.807) is 38.1 Å². The molecule has 1 aromatic heterocycles. The van der Waals surface area contributed by atoms with Crippen LogP contribution in [0.15, 0.2) is 40.0 Å². The minimum absolute atomic E-state index is 0.0344. The molecule has 8 heteroatoms. The maximum absolute atomic E-state index is 12.5. The van der Waals surface area contributed by atoms with Crippen LogP contribution in [0, 0.1) is 11.8 Å². The highest BCUT2D eigenvalue weighted by atomic mass is 32.2. The Morgan fingerprint density at radius 3 is 2.32 bits per heavy atom. The van der Waals surface area contributed by atoms with Crippen molar-refractivity contribution in [3.8, 4) is 0 Å². The number of amides is 1. The van der Waals surface area contributed by atoms with Gasteiger partial charge in [-0.25, -0.2) is 8.42 Å². The lowest BCUT2D eigenvalue weighted by Gasteiger charge is -2.19. The third kappa shape index (κ3) is 4.88. The predicted molar refractivity (Wildman–Crippen MR) is 92.2 cm³/mol. The highest BCUT2D eigenvalue weighted by molar-refractivity contribution is 7.90. The molecular weight excluding hydrogens is 342 g/mol. The Kier molecular flexibility index (Phi) is 5.94. The van der Waals surface area contributed by atoms with E-state index in [2.05, 4.69) is 15.5 Å². The van der Waals surface area contributed by atoms with Gasteiger partial charge in [0.2, 0.25) is 21.6 Å². The molecule has 0 aliphatic carbocycles. The molecule has 1 amide bonds. The number of rotatable bonds is 7. The molecule has 0 aliphatic heterocycles. The quantitative estimate of drug-likeness (QED) is 0.809. The SMILES string of the molecule is CC(C)C(=O)N[C@H](c1nnc(S(=O)(=O)Cc2ccccc2)o1)C(C)C. The van der Waals surface area contributed by atoms with Crippen molar-refractivity contribution in [2.24, 2.45) is 11.8 Å². The largest absolute Gasteiger partial charge is 0.410 e. The highest BCUT2D eigenvalue weighted by Crippen LogP contribution is 2.23. The van der Waals surface area contributed by atoms with Crippen molar-refractivity contribution >= 4 is 15.7 Å². The van der Waals surface area contributed by atoms with Gasteiger partial charge in [0.15, 0.2) is 0 Å². The van der Waals surface area contributed by atoms with Gasteiger partial charge < -0.3 is 9.73 Å². The van der Waals surface area contributed by atoms with Gasteiger partial charge in [0, 0.05) is 5.92 Å². The summed E-state index contributed by atoms with van der Waals surface area (Å²) in [6.45, 7) is 7.31. The van der Waals surface area contributed by atoms with Gasteiger partial charge in [-0.05, 0) is 11.5 Å². The Labute approximate surface area is 147 Å². The van der Waals surface area contributed by atoms with Gasteiger partial charge in [0.1, 0.15) is 6.04 Å². The third-order valence-electron chi connectivity index (χ3n) is 3.64. The number of carbonyl (C=O) groups is 1. The number of aromatic nitrogens is 2. The van der Waals surface area contributed by atoms with Crippen LogP contribution in [0.4, 0.5) is 0 Å². The average molecular weight is 365 g/mol. The van der Waals surface area contributed by atoms with Crippen LogP contribution in [0.3, 0.4) is 0 Å². The normalized spacial score (nSPS) is 13.2. The molecule has 1 N–H and O–H groups in total. The lowest BCUT2D eigenvalue weighted by atomic mass is 10.0. The van der Waals surface area contributed by atoms with Gasteiger partial charge in [-0.2, -0.15) is 0 Å². The molecule has 1 heterocycles. The van der Waals surface area contributed by atoms with E-state index in [0.29, 0.717) is 5.56 Å². The van der Waals surface area contributed by atoms with Crippen molar-refractivity contribution in [3.05, 3.63) is 41.8 Å². The lowest BCUT2D eigenvalue weighted by molar-refractivity contribution is -0.125. The Morgan fingerprint density at radius 2 is 1.76 bits per heavy atom. The first kappa shape index (κ1) is 19.1. The standard InChI is InChI=1S/C17H23N3O4S/c1-11(2)14(18-15(21)12(3)4)16-19-20-17(24-16)25(22,23)10-13-8-6-5-7-9-13/h5-9,11-12,14H,10H2,1-4H3,(H,18,21)/t14-/m0/s1. The first-order chi connectivity index (χ1) is 11.7. The number of carbonyl (C=O) groups excluding carboxylic acids is 1. The molecule has 1 atom stereocenters. The fraction of sp³-hybridized carbons (Fsp3) is 0.471. The van der Waals surface area contributed by atoms with E-state index >= 15 is 0 Å². The fourth-order valence-corrected chi connectivity index (χ4v) is 3.29. The van der Waals surface area contributed by atoms with Crippen LogP contribution in [-0.4, -0.2) is 24.5 Å². The number of nitrogens with zero attached hydrogens (tertiary/aromatic N) is 2. The van der Waals surface area contributed by atoms with Gasteiger partial charge in [-0.1, -0.05) is 63.1 Å². The van der Waals surface area contributed by atoms with Gasteiger partial charge in [0.25, 0.3) is 0 Å². The molecule has 0 unspecified atom stereocenters. The topological polar surface area (TPSA) is 102 Å². The second-order valence-corrected chi connectivity index (χ2v) is 8.40. The Morgan fingerprint density at radius 1 is 1.12 bits per heavy atom. The van der Waals surface area contributed by atoms with Crippen LogP contribution in [-0.2, 0) is 20.4 Å². The van der Waals surface area contributed by atoms with Gasteiger partial charge in [-0.15, -0.1) is 5.10 Å². The Balaban J connectivity index is 2.23. The van der Waals surface area contributed by atoms with E-state index in [1.807, 2.05) is 19.9 Å². The molecule has 0 bridgehead atoms. The molecular formula is C17H23N3O4S. The molecule has 0 saturated heterocycles. The van der Waals surface area contributed by atoms with E-state index < -0.39 is 21.1 Å². The van der Waals surface area contributed by atoms with E-state index in [9.17, 15) is 13.2 Å². The summed E-state index contributed by atoms with van der Waals surface area (Å²) >= 11 is 0. The van der Waals surface area contributed by atoms with Crippen LogP contribution >= 0.6 is 0 Å². The summed E-state index contributed by atoms with van der Waals surface area (Å²) in [6.07, 6.45) is 0. The first-order valence-corrected chi connectivity index (χ1v) is 9.76. The second-order valence-electron chi connectivity index (χ2n) is 6.54. The van der Waals surface area contributed by atoms with Crippen LogP contribution in [0.25, 0.3) is 0 Å². The summed E-state index contributed by atoms with van der Waals surface area (Å²) in [4.78, 5) is 12.0. The Bertz CT molecular complexity index is 813. The van der Waals surface area contributed by atoms with Crippen LogP contribution in [0.1, 0.15) is 45.2 Å². The minimum Gasteiger partial charge on any atom is -0.410 e. The number of sulfone groups is 1. The van der Waals surface area contributed by atoms with E-state index in [1.165, 1.54) is 0 Å². The molecule has 7 nitrogen and oxygen atoms in total. The minimum atomic E-state index is -3.75. The molecule has 136 valence electrons. The summed E-state index contributed by atoms with van der Waals surface area (Å²) in [5.74, 6) is -0.528. The summed E-state index contributed by atoms with van der Waals surface area (Å²) in [5, 5.41) is 9.91. The summed E-state index contributed by atoms with van der Waals surface area (Å²) in [6, 6.07) is 8.23. The fourth-order valence-electron chi connectivity index (χ4n) is 2.16. The average Bonchev–Trinajstić information content (AvgIpc) is 3.03. The number of nitrogens with one attached hydrogen (secondary N) is 1. The van der Waals surface area contributed by atoms with Gasteiger partial charge >= 0.3 is 5.22 Å². The number of hydrogen-bond acceptors (Lipinski definition) is 6. The number of hydrogen-bond donors (Lipinski definition) is 1. The maximum atomic E-state index is 12.5. The molecule has 0 radical (unpaired) electrons. The van der Waals surface area contributed by atoms with Crippen molar-refractivity contribution in [2.75, 3.05) is 0 Å². The van der Waals surface area contributed by atoms with Crippen molar-refractivity contribution < 1.29 is 17.6 Å². The summed E-state index contributed by atoms with van der Waals surface area (Å²) in [5.41, 5.74) is 0.635. The smallest absolute Gasteiger partial charge is 0.335 e. The molecule has 0 aliphatic rings. The van der Waals surface area contributed by atoms with Crippen LogP contribution < -0.4 is 5.32 Å².